The van der Waals surface area contributed by atoms with Gasteiger partial charge in [0.15, 0.2) is 0 Å². The predicted molar refractivity (Wildman–Crippen MR) is 121 cm³/mol. The van der Waals surface area contributed by atoms with Gasteiger partial charge in [-0.3, -0.25) is 0 Å². The maximum atomic E-state index is 10.0. The lowest BCUT2D eigenvalue weighted by atomic mass is 9.60. The molecule has 3 fully saturated rings. The van der Waals surface area contributed by atoms with Gasteiger partial charge in [0.1, 0.15) is 0 Å². The average molecular weight is 385 g/mol. The second kappa shape index (κ2) is 8.90. The Morgan fingerprint density at radius 2 is 1.89 bits per heavy atom. The first-order valence-electron chi connectivity index (χ1n) is 12.0. The molecule has 3 aliphatic carbocycles. The van der Waals surface area contributed by atoms with Crippen molar-refractivity contribution in [3.63, 3.8) is 0 Å². The molecule has 1 heteroatoms. The van der Waals surface area contributed by atoms with Crippen LogP contribution in [-0.4, -0.2) is 10.7 Å². The molecule has 0 aromatic heterocycles. The molecule has 158 valence electrons. The van der Waals surface area contributed by atoms with E-state index < -0.39 is 5.60 Å². The Hall–Kier alpha value is -0.820. The molecule has 3 aliphatic rings. The third-order valence-corrected chi connectivity index (χ3v) is 8.30. The molecule has 0 aliphatic heterocycles. The Morgan fingerprint density at radius 1 is 1.14 bits per heavy atom. The van der Waals surface area contributed by atoms with E-state index in [-0.39, 0.29) is 0 Å². The monoisotopic (exact) mass is 384 g/mol. The van der Waals surface area contributed by atoms with Gasteiger partial charge in [-0.15, -0.1) is 0 Å². The van der Waals surface area contributed by atoms with Crippen molar-refractivity contribution in [2.24, 2.45) is 23.2 Å². The van der Waals surface area contributed by atoms with Gasteiger partial charge >= 0.3 is 0 Å². The van der Waals surface area contributed by atoms with Crippen molar-refractivity contribution in [3.05, 3.63) is 35.5 Å². The van der Waals surface area contributed by atoms with Gasteiger partial charge in [-0.2, -0.15) is 0 Å². The summed E-state index contributed by atoms with van der Waals surface area (Å²) in [7, 11) is 0. The van der Waals surface area contributed by atoms with E-state index in [1.807, 2.05) is 13.8 Å². The fraction of sp³-hybridized carbons (Fsp3) is 0.778. The van der Waals surface area contributed by atoms with Crippen molar-refractivity contribution in [3.8, 4) is 0 Å². The molecule has 0 amide bonds. The summed E-state index contributed by atoms with van der Waals surface area (Å²) >= 11 is 0. The molecule has 0 aromatic rings. The first kappa shape index (κ1) is 21.9. The van der Waals surface area contributed by atoms with Crippen LogP contribution in [0.25, 0.3) is 0 Å². The summed E-state index contributed by atoms with van der Waals surface area (Å²) in [5, 5.41) is 10.0. The molecule has 2 unspecified atom stereocenters. The summed E-state index contributed by atoms with van der Waals surface area (Å²) in [6.45, 7) is 13.3. The summed E-state index contributed by atoms with van der Waals surface area (Å²) in [4.78, 5) is 0. The Balaban J connectivity index is 1.67. The Bertz CT molecular complexity index is 617. The third kappa shape index (κ3) is 5.02. The van der Waals surface area contributed by atoms with Crippen molar-refractivity contribution in [2.45, 2.75) is 110 Å². The summed E-state index contributed by atoms with van der Waals surface area (Å²) in [6, 6.07) is 0. The van der Waals surface area contributed by atoms with Crippen molar-refractivity contribution < 1.29 is 5.11 Å². The molecule has 0 bridgehead atoms. The molecule has 1 nitrogen and oxygen atoms in total. The first-order chi connectivity index (χ1) is 13.2. The van der Waals surface area contributed by atoms with E-state index in [2.05, 4.69) is 32.6 Å². The summed E-state index contributed by atoms with van der Waals surface area (Å²) in [5.74, 6) is 2.41. The standard InChI is InChI=1S/C27H44O/c1-20-10-6-7-12-22(20)14-15-23-13-9-19-27(5)24(16-17-25(23)27)21(2)11-8-18-26(3,4)28/h14-15,21,24-25,28H,1,6-13,16-19H2,2-5H3/b22-14-,23-15+/t21-,24?,25?,27-/m1/s1. The second-order valence-electron chi connectivity index (χ2n) is 11.0. The van der Waals surface area contributed by atoms with Gasteiger partial charge in [0.05, 0.1) is 5.60 Å². The zero-order chi connectivity index (χ0) is 20.4. The number of aliphatic hydroxyl groups is 1. The highest BCUT2D eigenvalue weighted by Crippen LogP contribution is 2.59. The molecular formula is C27H44O. The molecule has 3 rings (SSSR count). The van der Waals surface area contributed by atoms with E-state index in [4.69, 9.17) is 0 Å². The van der Waals surface area contributed by atoms with E-state index in [0.717, 1.165) is 30.6 Å². The molecule has 0 aromatic carbocycles. The molecule has 0 radical (unpaired) electrons. The van der Waals surface area contributed by atoms with E-state index in [9.17, 15) is 5.11 Å². The van der Waals surface area contributed by atoms with E-state index in [0.29, 0.717) is 5.41 Å². The maximum Gasteiger partial charge on any atom is 0.0591 e. The van der Waals surface area contributed by atoms with E-state index >= 15 is 0 Å². The maximum absolute atomic E-state index is 10.0. The number of rotatable bonds is 6. The SMILES string of the molecule is C=C1CCCC/C1=C/C=C1\CCC[C@@]2(C)C1CCC2[C@H](C)CCCC(C)(C)O. The lowest BCUT2D eigenvalue weighted by Gasteiger charge is -2.44. The van der Waals surface area contributed by atoms with Crippen molar-refractivity contribution >= 4 is 0 Å². The lowest BCUT2D eigenvalue weighted by molar-refractivity contribution is 0.0597. The zero-order valence-corrected chi connectivity index (χ0v) is 19.0. The minimum atomic E-state index is -0.515. The molecule has 0 heterocycles. The van der Waals surface area contributed by atoms with E-state index in [1.165, 1.54) is 75.4 Å². The second-order valence-corrected chi connectivity index (χ2v) is 11.0. The summed E-state index contributed by atoms with van der Waals surface area (Å²) < 4.78 is 0. The molecule has 1 N–H and O–H groups in total. The minimum Gasteiger partial charge on any atom is -0.390 e. The van der Waals surface area contributed by atoms with E-state index in [1.54, 1.807) is 5.57 Å². The Morgan fingerprint density at radius 3 is 2.61 bits per heavy atom. The highest BCUT2D eigenvalue weighted by molar-refractivity contribution is 5.35. The zero-order valence-electron chi connectivity index (χ0n) is 19.0. The summed E-state index contributed by atoms with van der Waals surface area (Å²) in [6.07, 6.45) is 20.2. The number of allylic oxidation sites excluding steroid dienone is 5. The van der Waals surface area contributed by atoms with Crippen LogP contribution in [0.15, 0.2) is 35.5 Å². The van der Waals surface area contributed by atoms with Gasteiger partial charge in [-0.25, -0.2) is 0 Å². The normalized spacial score (nSPS) is 35.4. The van der Waals surface area contributed by atoms with Crippen LogP contribution in [-0.2, 0) is 0 Å². The number of hydrogen-bond acceptors (Lipinski definition) is 1. The fourth-order valence-corrected chi connectivity index (χ4v) is 6.67. The molecule has 0 saturated heterocycles. The van der Waals surface area contributed by atoms with Gasteiger partial charge in [0, 0.05) is 0 Å². The lowest BCUT2D eigenvalue weighted by Crippen LogP contribution is -2.36. The van der Waals surface area contributed by atoms with Crippen LogP contribution in [0.5, 0.6) is 0 Å². The van der Waals surface area contributed by atoms with Gasteiger partial charge in [-0.1, -0.05) is 56.6 Å². The van der Waals surface area contributed by atoms with Crippen molar-refractivity contribution in [1.82, 2.24) is 0 Å². The third-order valence-electron chi connectivity index (χ3n) is 8.30. The quantitative estimate of drug-likeness (QED) is 0.496. The average Bonchev–Trinajstić information content (AvgIpc) is 2.97. The topological polar surface area (TPSA) is 20.2 Å². The number of fused-ring (bicyclic) bond motifs is 1. The highest BCUT2D eigenvalue weighted by atomic mass is 16.3. The Kier molecular flexibility index (Phi) is 6.96. The van der Waals surface area contributed by atoms with Crippen LogP contribution in [0.3, 0.4) is 0 Å². The number of hydrogen-bond donors (Lipinski definition) is 1. The van der Waals surface area contributed by atoms with Crippen LogP contribution in [0.2, 0.25) is 0 Å². The highest BCUT2D eigenvalue weighted by Gasteiger charge is 2.50. The first-order valence-corrected chi connectivity index (χ1v) is 12.0. The molecule has 0 spiro atoms. The molecular weight excluding hydrogens is 340 g/mol. The smallest absolute Gasteiger partial charge is 0.0591 e. The van der Waals surface area contributed by atoms with Crippen LogP contribution >= 0.6 is 0 Å². The van der Waals surface area contributed by atoms with Crippen LogP contribution in [0.1, 0.15) is 105 Å². The minimum absolute atomic E-state index is 0.486. The van der Waals surface area contributed by atoms with Crippen LogP contribution in [0.4, 0.5) is 0 Å². The largest absolute Gasteiger partial charge is 0.390 e. The van der Waals surface area contributed by atoms with Crippen molar-refractivity contribution in [2.75, 3.05) is 0 Å². The molecule has 3 saturated carbocycles. The molecule has 4 atom stereocenters. The van der Waals surface area contributed by atoms with Gasteiger partial charge < -0.3 is 5.11 Å². The molecule has 28 heavy (non-hydrogen) atoms. The fourth-order valence-electron chi connectivity index (χ4n) is 6.67. The predicted octanol–water partition coefficient (Wildman–Crippen LogP) is 7.76. The Labute approximate surface area is 174 Å². The van der Waals surface area contributed by atoms with Gasteiger partial charge in [0.25, 0.3) is 0 Å². The van der Waals surface area contributed by atoms with Gasteiger partial charge in [-0.05, 0) is 107 Å². The van der Waals surface area contributed by atoms with Gasteiger partial charge in [0.2, 0.25) is 0 Å². The van der Waals surface area contributed by atoms with Crippen molar-refractivity contribution in [1.29, 1.82) is 0 Å². The van der Waals surface area contributed by atoms with Crippen LogP contribution < -0.4 is 0 Å². The summed E-state index contributed by atoms with van der Waals surface area (Å²) in [5.41, 5.74) is 4.59. The van der Waals surface area contributed by atoms with Crippen LogP contribution in [0, 0.1) is 23.2 Å².